The van der Waals surface area contributed by atoms with E-state index in [0.717, 1.165) is 6.42 Å². The number of unbranched alkanes of at least 4 members (excludes halogenated alkanes) is 12. The fourth-order valence-corrected chi connectivity index (χ4v) is 3.35. The Morgan fingerprint density at radius 2 is 1.04 bits per heavy atom. The van der Waals surface area contributed by atoms with E-state index in [-0.39, 0.29) is 0 Å². The molecule has 0 unspecified atom stereocenters. The van der Waals surface area contributed by atoms with Crippen LogP contribution in [-0.2, 0) is 12.8 Å². The van der Waals surface area contributed by atoms with Gasteiger partial charge in [-0.05, 0) is 30.4 Å². The van der Waals surface area contributed by atoms with Crippen LogP contribution < -0.4 is 0 Å². The van der Waals surface area contributed by atoms with Crippen molar-refractivity contribution in [2.75, 3.05) is 0 Å². The highest BCUT2D eigenvalue weighted by atomic mass is 14.0. The summed E-state index contributed by atoms with van der Waals surface area (Å²) in [6, 6.07) is 9.14. The Labute approximate surface area is 146 Å². The predicted octanol–water partition coefficient (Wildman–Crippen LogP) is 7.88. The maximum Gasteiger partial charge on any atom is -0.0279 e. The lowest BCUT2D eigenvalue weighted by Crippen LogP contribution is -1.89. The number of hydrogen-bond donors (Lipinski definition) is 0. The van der Waals surface area contributed by atoms with E-state index >= 15 is 0 Å². The number of benzene rings is 1. The Morgan fingerprint density at radius 1 is 0.565 bits per heavy atom. The molecule has 0 aliphatic carbocycles. The molecule has 23 heavy (non-hydrogen) atoms. The molecular weight excluding hydrogens is 276 g/mol. The van der Waals surface area contributed by atoms with Crippen LogP contribution in [0.3, 0.4) is 0 Å². The van der Waals surface area contributed by atoms with Crippen molar-refractivity contribution < 1.29 is 0 Å². The molecule has 0 fully saturated rings. The highest BCUT2D eigenvalue weighted by molar-refractivity contribution is 5.23. The summed E-state index contributed by atoms with van der Waals surface area (Å²) in [5.41, 5.74) is 3.02. The van der Waals surface area contributed by atoms with Crippen LogP contribution in [0.4, 0.5) is 0 Å². The van der Waals surface area contributed by atoms with Crippen LogP contribution in [0.1, 0.15) is 108 Å². The number of aryl methyl sites for hydroxylation is 2. The van der Waals surface area contributed by atoms with Gasteiger partial charge in [0.25, 0.3) is 0 Å². The molecule has 0 saturated heterocycles. The minimum atomic E-state index is 1.16. The maximum atomic E-state index is 2.39. The van der Waals surface area contributed by atoms with Gasteiger partial charge in [-0.2, -0.15) is 0 Å². The van der Waals surface area contributed by atoms with Crippen LogP contribution >= 0.6 is 0 Å². The standard InChI is InChI=1S/C23H40/c1-3-5-6-7-8-9-10-11-12-13-14-15-16-18-23-20-17-19-22(4-2)21-23/h17,19-21H,3-16,18H2,1-2H3. The quantitative estimate of drug-likeness (QED) is 0.289. The van der Waals surface area contributed by atoms with E-state index in [1.54, 1.807) is 0 Å². The van der Waals surface area contributed by atoms with Crippen LogP contribution in [0.25, 0.3) is 0 Å². The third kappa shape index (κ3) is 11.4. The summed E-state index contributed by atoms with van der Waals surface area (Å²) in [6.45, 7) is 4.53. The molecule has 0 spiro atoms. The number of hydrogen-bond acceptors (Lipinski definition) is 0. The topological polar surface area (TPSA) is 0 Å². The third-order valence-corrected chi connectivity index (χ3v) is 4.97. The van der Waals surface area contributed by atoms with Crippen LogP contribution in [-0.4, -0.2) is 0 Å². The SMILES string of the molecule is CCCCCCCCCCCCCCCc1cccc(CC)c1. The predicted molar refractivity (Wildman–Crippen MR) is 105 cm³/mol. The Kier molecular flexibility index (Phi) is 13.0. The summed E-state index contributed by atoms with van der Waals surface area (Å²) in [4.78, 5) is 0. The lowest BCUT2D eigenvalue weighted by molar-refractivity contribution is 0.539. The van der Waals surface area contributed by atoms with E-state index in [1.165, 1.54) is 101 Å². The molecule has 0 aliphatic heterocycles. The van der Waals surface area contributed by atoms with Crippen molar-refractivity contribution in [3.05, 3.63) is 35.4 Å². The Hall–Kier alpha value is -0.780. The summed E-state index contributed by atoms with van der Waals surface area (Å²) in [6.07, 6.45) is 21.1. The largest absolute Gasteiger partial charge is 0.0654 e. The van der Waals surface area contributed by atoms with Gasteiger partial charge in [-0.25, -0.2) is 0 Å². The molecule has 0 N–H and O–H groups in total. The fourth-order valence-electron chi connectivity index (χ4n) is 3.35. The highest BCUT2D eigenvalue weighted by Crippen LogP contribution is 2.14. The zero-order chi connectivity index (χ0) is 16.6. The molecule has 1 rings (SSSR count). The van der Waals surface area contributed by atoms with Gasteiger partial charge in [0.1, 0.15) is 0 Å². The van der Waals surface area contributed by atoms with Crippen LogP contribution in [0.15, 0.2) is 24.3 Å². The molecule has 0 saturated carbocycles. The average molecular weight is 317 g/mol. The lowest BCUT2D eigenvalue weighted by atomic mass is 10.0. The van der Waals surface area contributed by atoms with Crippen LogP contribution in [0, 0.1) is 0 Å². The fraction of sp³-hybridized carbons (Fsp3) is 0.739. The second-order valence-electron chi connectivity index (χ2n) is 7.17. The van der Waals surface area contributed by atoms with E-state index in [0.29, 0.717) is 0 Å². The van der Waals surface area contributed by atoms with Crippen molar-refractivity contribution in [3.8, 4) is 0 Å². The van der Waals surface area contributed by atoms with Gasteiger partial charge in [-0.1, -0.05) is 115 Å². The van der Waals surface area contributed by atoms with Gasteiger partial charge in [-0.3, -0.25) is 0 Å². The molecule has 132 valence electrons. The Balaban J connectivity index is 1.84. The first-order valence-corrected chi connectivity index (χ1v) is 10.4. The number of rotatable bonds is 15. The Morgan fingerprint density at radius 3 is 1.57 bits per heavy atom. The van der Waals surface area contributed by atoms with E-state index in [9.17, 15) is 0 Å². The molecule has 0 aliphatic rings. The van der Waals surface area contributed by atoms with E-state index in [2.05, 4.69) is 38.1 Å². The normalized spacial score (nSPS) is 11.0. The highest BCUT2D eigenvalue weighted by Gasteiger charge is 1.96. The molecular formula is C23H40. The summed E-state index contributed by atoms with van der Waals surface area (Å²) >= 11 is 0. The Bertz CT molecular complexity index is 366. The summed E-state index contributed by atoms with van der Waals surface area (Å²) < 4.78 is 0. The van der Waals surface area contributed by atoms with E-state index in [4.69, 9.17) is 0 Å². The lowest BCUT2D eigenvalue weighted by Gasteiger charge is -2.05. The zero-order valence-corrected chi connectivity index (χ0v) is 15.9. The van der Waals surface area contributed by atoms with Gasteiger partial charge in [-0.15, -0.1) is 0 Å². The van der Waals surface area contributed by atoms with Gasteiger partial charge in [0.05, 0.1) is 0 Å². The molecule has 0 bridgehead atoms. The van der Waals surface area contributed by atoms with Gasteiger partial charge in [0.15, 0.2) is 0 Å². The first kappa shape index (κ1) is 20.3. The van der Waals surface area contributed by atoms with E-state index in [1.807, 2.05) is 0 Å². The second kappa shape index (κ2) is 14.8. The van der Waals surface area contributed by atoms with Crippen molar-refractivity contribution in [3.63, 3.8) is 0 Å². The molecule has 0 aromatic heterocycles. The molecule has 1 aromatic rings. The van der Waals surface area contributed by atoms with Crippen molar-refractivity contribution in [1.29, 1.82) is 0 Å². The molecule has 0 atom stereocenters. The van der Waals surface area contributed by atoms with Crippen molar-refractivity contribution >= 4 is 0 Å². The second-order valence-corrected chi connectivity index (χ2v) is 7.17. The van der Waals surface area contributed by atoms with E-state index < -0.39 is 0 Å². The monoisotopic (exact) mass is 316 g/mol. The van der Waals surface area contributed by atoms with Gasteiger partial charge in [0.2, 0.25) is 0 Å². The van der Waals surface area contributed by atoms with Crippen molar-refractivity contribution in [1.82, 2.24) is 0 Å². The first-order chi connectivity index (χ1) is 11.4. The summed E-state index contributed by atoms with van der Waals surface area (Å²) in [5.74, 6) is 0. The van der Waals surface area contributed by atoms with Gasteiger partial charge >= 0.3 is 0 Å². The average Bonchev–Trinajstić information content (AvgIpc) is 2.59. The first-order valence-electron chi connectivity index (χ1n) is 10.4. The van der Waals surface area contributed by atoms with Gasteiger partial charge in [0, 0.05) is 0 Å². The molecule has 0 nitrogen and oxygen atoms in total. The molecule has 0 heterocycles. The minimum Gasteiger partial charge on any atom is -0.0654 e. The molecule has 0 heteroatoms. The molecule has 1 aromatic carbocycles. The van der Waals surface area contributed by atoms with Crippen molar-refractivity contribution in [2.24, 2.45) is 0 Å². The third-order valence-electron chi connectivity index (χ3n) is 4.97. The maximum absolute atomic E-state index is 2.39. The van der Waals surface area contributed by atoms with Crippen LogP contribution in [0.5, 0.6) is 0 Å². The van der Waals surface area contributed by atoms with Crippen molar-refractivity contribution in [2.45, 2.75) is 110 Å². The minimum absolute atomic E-state index is 1.16. The van der Waals surface area contributed by atoms with Gasteiger partial charge < -0.3 is 0 Å². The molecule has 0 radical (unpaired) electrons. The summed E-state index contributed by atoms with van der Waals surface area (Å²) in [5, 5.41) is 0. The zero-order valence-electron chi connectivity index (χ0n) is 15.9. The summed E-state index contributed by atoms with van der Waals surface area (Å²) in [7, 11) is 0. The molecule has 0 amide bonds. The smallest absolute Gasteiger partial charge is 0.0279 e. The van der Waals surface area contributed by atoms with Crippen LogP contribution in [0.2, 0.25) is 0 Å².